The van der Waals surface area contributed by atoms with Crippen LogP contribution in [0, 0.1) is 11.3 Å². The lowest BCUT2D eigenvalue weighted by Gasteiger charge is -2.54. The molecule has 0 aliphatic heterocycles. The van der Waals surface area contributed by atoms with Crippen molar-refractivity contribution in [3.05, 3.63) is 0 Å². The Balaban J connectivity index is 2.38. The van der Waals surface area contributed by atoms with Crippen LogP contribution in [0.1, 0.15) is 59.8 Å². The molecule has 1 aliphatic rings. The highest BCUT2D eigenvalue weighted by Crippen LogP contribution is 2.47. The molecule has 1 fully saturated rings. The van der Waals surface area contributed by atoms with Gasteiger partial charge in [-0.1, -0.05) is 34.1 Å². The fourth-order valence-corrected chi connectivity index (χ4v) is 3.10. The second kappa shape index (κ2) is 6.02. The third kappa shape index (κ3) is 2.60. The highest BCUT2D eigenvalue weighted by atomic mass is 16.5. The van der Waals surface area contributed by atoms with E-state index in [9.17, 15) is 0 Å². The Labute approximate surface area is 101 Å². The second-order valence-corrected chi connectivity index (χ2v) is 5.50. The Morgan fingerprint density at radius 2 is 1.94 bits per heavy atom. The maximum atomic E-state index is 6.15. The van der Waals surface area contributed by atoms with E-state index in [4.69, 9.17) is 10.5 Å². The van der Waals surface area contributed by atoms with Crippen molar-refractivity contribution >= 4 is 0 Å². The normalized spacial score (nSPS) is 29.8. The van der Waals surface area contributed by atoms with E-state index in [0.717, 1.165) is 25.9 Å². The third-order valence-electron chi connectivity index (χ3n) is 4.53. The van der Waals surface area contributed by atoms with Crippen LogP contribution >= 0.6 is 0 Å². The van der Waals surface area contributed by atoms with Gasteiger partial charge in [-0.15, -0.1) is 0 Å². The molecule has 0 spiro atoms. The zero-order valence-electron chi connectivity index (χ0n) is 11.5. The van der Waals surface area contributed by atoms with Crippen molar-refractivity contribution < 1.29 is 4.74 Å². The van der Waals surface area contributed by atoms with Gasteiger partial charge in [0.15, 0.2) is 0 Å². The van der Waals surface area contributed by atoms with E-state index in [1.54, 1.807) is 0 Å². The Bertz CT molecular complexity index is 201. The monoisotopic (exact) mass is 227 g/mol. The van der Waals surface area contributed by atoms with Gasteiger partial charge in [-0.25, -0.2) is 0 Å². The Hall–Kier alpha value is -0.0800. The standard InChI is InChI=1S/C14H29NO/c1-5-8-11(4)10-16-13-9-12(15)14(13,6-2)7-3/h11-13H,5-10,15H2,1-4H3. The minimum absolute atomic E-state index is 0.270. The molecule has 0 amide bonds. The topological polar surface area (TPSA) is 35.2 Å². The van der Waals surface area contributed by atoms with Crippen LogP contribution in [0.4, 0.5) is 0 Å². The minimum Gasteiger partial charge on any atom is -0.377 e. The highest BCUT2D eigenvalue weighted by Gasteiger charge is 2.51. The summed E-state index contributed by atoms with van der Waals surface area (Å²) in [4.78, 5) is 0. The fourth-order valence-electron chi connectivity index (χ4n) is 3.10. The van der Waals surface area contributed by atoms with E-state index in [1.807, 2.05) is 0 Å². The molecule has 0 aromatic rings. The molecule has 3 atom stereocenters. The summed E-state index contributed by atoms with van der Waals surface area (Å²) in [5.74, 6) is 0.688. The second-order valence-electron chi connectivity index (χ2n) is 5.50. The molecule has 0 aromatic heterocycles. The quantitative estimate of drug-likeness (QED) is 0.724. The summed E-state index contributed by atoms with van der Waals surface area (Å²) in [5.41, 5.74) is 6.42. The molecular weight excluding hydrogens is 198 g/mol. The Morgan fingerprint density at radius 3 is 2.38 bits per heavy atom. The number of ether oxygens (including phenoxy) is 1. The first-order chi connectivity index (χ1) is 7.60. The van der Waals surface area contributed by atoms with Crippen LogP contribution in [-0.4, -0.2) is 18.8 Å². The zero-order valence-corrected chi connectivity index (χ0v) is 11.5. The van der Waals surface area contributed by atoms with Gasteiger partial charge in [0.25, 0.3) is 0 Å². The predicted molar refractivity (Wildman–Crippen MR) is 69.4 cm³/mol. The number of hydrogen-bond donors (Lipinski definition) is 1. The average molecular weight is 227 g/mol. The van der Waals surface area contributed by atoms with Gasteiger partial charge in [-0.05, 0) is 31.6 Å². The molecule has 0 heterocycles. The van der Waals surface area contributed by atoms with Gasteiger partial charge in [0, 0.05) is 18.1 Å². The summed E-state index contributed by atoms with van der Waals surface area (Å²) >= 11 is 0. The van der Waals surface area contributed by atoms with Gasteiger partial charge in [0.2, 0.25) is 0 Å². The third-order valence-corrected chi connectivity index (χ3v) is 4.53. The molecule has 2 nitrogen and oxygen atoms in total. The van der Waals surface area contributed by atoms with Crippen LogP contribution < -0.4 is 5.73 Å². The van der Waals surface area contributed by atoms with Gasteiger partial charge >= 0.3 is 0 Å². The van der Waals surface area contributed by atoms with Gasteiger partial charge in [0.05, 0.1) is 6.10 Å². The zero-order chi connectivity index (χ0) is 12.2. The molecule has 1 rings (SSSR count). The van der Waals surface area contributed by atoms with Crippen LogP contribution in [0.25, 0.3) is 0 Å². The van der Waals surface area contributed by atoms with Crippen molar-refractivity contribution in [2.75, 3.05) is 6.61 Å². The molecule has 16 heavy (non-hydrogen) atoms. The molecule has 0 bridgehead atoms. The van der Waals surface area contributed by atoms with Gasteiger partial charge in [0.1, 0.15) is 0 Å². The Morgan fingerprint density at radius 1 is 1.31 bits per heavy atom. The smallest absolute Gasteiger partial charge is 0.0661 e. The number of hydrogen-bond acceptors (Lipinski definition) is 2. The Kier molecular flexibility index (Phi) is 5.26. The summed E-state index contributed by atoms with van der Waals surface area (Å²) in [6.45, 7) is 9.91. The largest absolute Gasteiger partial charge is 0.377 e. The molecule has 1 aliphatic carbocycles. The van der Waals surface area contributed by atoms with Crippen LogP contribution in [-0.2, 0) is 4.74 Å². The molecule has 96 valence electrons. The maximum Gasteiger partial charge on any atom is 0.0661 e. The van der Waals surface area contributed by atoms with Crippen LogP contribution in [0.15, 0.2) is 0 Å². The van der Waals surface area contributed by atoms with E-state index >= 15 is 0 Å². The number of rotatable bonds is 7. The van der Waals surface area contributed by atoms with E-state index in [2.05, 4.69) is 27.7 Å². The van der Waals surface area contributed by atoms with Crippen molar-refractivity contribution in [1.29, 1.82) is 0 Å². The lowest BCUT2D eigenvalue weighted by atomic mass is 9.59. The molecule has 3 unspecified atom stereocenters. The first-order valence-corrected chi connectivity index (χ1v) is 6.97. The summed E-state index contributed by atoms with van der Waals surface area (Å²) in [6.07, 6.45) is 6.29. The lowest BCUT2D eigenvalue weighted by molar-refractivity contribution is -0.137. The first-order valence-electron chi connectivity index (χ1n) is 6.97. The van der Waals surface area contributed by atoms with Gasteiger partial charge < -0.3 is 10.5 Å². The minimum atomic E-state index is 0.270. The highest BCUT2D eigenvalue weighted by molar-refractivity contribution is 5.05. The predicted octanol–water partition coefficient (Wildman–Crippen LogP) is 3.35. The summed E-state index contributed by atoms with van der Waals surface area (Å²) in [6, 6.07) is 0.356. The molecule has 2 N–H and O–H groups in total. The molecule has 0 radical (unpaired) electrons. The molecule has 2 heteroatoms. The van der Waals surface area contributed by atoms with E-state index in [1.165, 1.54) is 12.8 Å². The summed E-state index contributed by atoms with van der Waals surface area (Å²) < 4.78 is 6.08. The summed E-state index contributed by atoms with van der Waals surface area (Å²) in [5, 5.41) is 0. The van der Waals surface area contributed by atoms with Gasteiger partial charge in [-0.2, -0.15) is 0 Å². The lowest BCUT2D eigenvalue weighted by Crippen LogP contribution is -2.61. The molecule has 0 saturated heterocycles. The van der Waals surface area contributed by atoms with Crippen molar-refractivity contribution in [2.45, 2.75) is 71.9 Å². The SMILES string of the molecule is CCCC(C)COC1CC(N)C1(CC)CC. The van der Waals surface area contributed by atoms with Crippen LogP contribution in [0.2, 0.25) is 0 Å². The molecule has 1 saturated carbocycles. The molecule has 0 aromatic carbocycles. The first kappa shape index (κ1) is 14.0. The van der Waals surface area contributed by atoms with Crippen molar-refractivity contribution in [2.24, 2.45) is 17.1 Å². The average Bonchev–Trinajstić information content (AvgIpc) is 2.26. The van der Waals surface area contributed by atoms with Crippen LogP contribution in [0.3, 0.4) is 0 Å². The fraction of sp³-hybridized carbons (Fsp3) is 1.00. The van der Waals surface area contributed by atoms with E-state index in [-0.39, 0.29) is 5.41 Å². The van der Waals surface area contributed by atoms with E-state index in [0.29, 0.717) is 18.1 Å². The van der Waals surface area contributed by atoms with E-state index < -0.39 is 0 Å². The van der Waals surface area contributed by atoms with Crippen LogP contribution in [0.5, 0.6) is 0 Å². The van der Waals surface area contributed by atoms with Gasteiger partial charge in [-0.3, -0.25) is 0 Å². The van der Waals surface area contributed by atoms with Crippen molar-refractivity contribution in [3.63, 3.8) is 0 Å². The van der Waals surface area contributed by atoms with Crippen molar-refractivity contribution in [3.8, 4) is 0 Å². The molecular formula is C14H29NO. The summed E-state index contributed by atoms with van der Waals surface area (Å²) in [7, 11) is 0. The maximum absolute atomic E-state index is 6.15. The van der Waals surface area contributed by atoms with Crippen molar-refractivity contribution in [1.82, 2.24) is 0 Å². The number of nitrogens with two attached hydrogens (primary N) is 1.